The Bertz CT molecular complexity index is 384. The van der Waals surface area contributed by atoms with Gasteiger partial charge in [-0.15, -0.1) is 0 Å². The molecule has 88 valence electrons. The van der Waals surface area contributed by atoms with E-state index < -0.39 is 0 Å². The van der Waals surface area contributed by atoms with Crippen molar-refractivity contribution < 1.29 is 0 Å². The molecular formula is C11H19N5. The Morgan fingerprint density at radius 2 is 1.88 bits per heavy atom. The summed E-state index contributed by atoms with van der Waals surface area (Å²) in [6.07, 6.45) is 2.46. The zero-order chi connectivity index (χ0) is 11.7. The lowest BCUT2D eigenvalue weighted by molar-refractivity contribution is 0.772. The van der Waals surface area contributed by atoms with Crippen molar-refractivity contribution in [2.45, 2.75) is 45.6 Å². The Morgan fingerprint density at radius 3 is 2.38 bits per heavy atom. The number of nitrogens with two attached hydrogens (primary N) is 1. The molecule has 1 fully saturated rings. The van der Waals surface area contributed by atoms with E-state index in [9.17, 15) is 0 Å². The maximum Gasteiger partial charge on any atom is 0.148 e. The van der Waals surface area contributed by atoms with Gasteiger partial charge in [0, 0.05) is 17.5 Å². The fraction of sp³-hybridized carbons (Fsp3) is 0.636. The number of hydrogen-bond acceptors (Lipinski definition) is 5. The molecule has 5 nitrogen and oxygen atoms in total. The van der Waals surface area contributed by atoms with Crippen molar-refractivity contribution in [3.8, 4) is 0 Å². The Labute approximate surface area is 95.8 Å². The molecule has 0 aliphatic heterocycles. The lowest BCUT2D eigenvalue weighted by Crippen LogP contribution is -2.16. The average molecular weight is 221 g/mol. The van der Waals surface area contributed by atoms with Gasteiger partial charge in [-0.1, -0.05) is 13.8 Å². The van der Waals surface area contributed by atoms with Crippen molar-refractivity contribution in [3.05, 3.63) is 11.4 Å². The van der Waals surface area contributed by atoms with Gasteiger partial charge in [0.1, 0.15) is 17.5 Å². The van der Waals surface area contributed by atoms with Gasteiger partial charge in [-0.25, -0.2) is 15.8 Å². The molecular weight excluding hydrogens is 202 g/mol. The first-order valence-corrected chi connectivity index (χ1v) is 5.73. The normalized spacial score (nSPS) is 15.3. The van der Waals surface area contributed by atoms with E-state index in [2.05, 4.69) is 34.6 Å². The Kier molecular flexibility index (Phi) is 2.96. The van der Waals surface area contributed by atoms with E-state index in [0.717, 1.165) is 17.2 Å². The SMILES string of the molecule is Cc1c(NN)nc(C(C)C)nc1NC1CC1. The van der Waals surface area contributed by atoms with Crippen molar-refractivity contribution in [2.24, 2.45) is 5.84 Å². The van der Waals surface area contributed by atoms with Crippen molar-refractivity contribution in [3.63, 3.8) is 0 Å². The highest BCUT2D eigenvalue weighted by atomic mass is 15.3. The van der Waals surface area contributed by atoms with Crippen LogP contribution in [0.15, 0.2) is 0 Å². The zero-order valence-corrected chi connectivity index (χ0v) is 10.0. The minimum absolute atomic E-state index is 0.299. The van der Waals surface area contributed by atoms with E-state index in [0.29, 0.717) is 17.8 Å². The molecule has 5 heteroatoms. The lowest BCUT2D eigenvalue weighted by Gasteiger charge is -2.14. The van der Waals surface area contributed by atoms with Crippen molar-refractivity contribution in [1.29, 1.82) is 0 Å². The van der Waals surface area contributed by atoms with E-state index in [-0.39, 0.29) is 0 Å². The highest BCUT2D eigenvalue weighted by molar-refractivity contribution is 5.57. The summed E-state index contributed by atoms with van der Waals surface area (Å²) >= 11 is 0. The van der Waals surface area contributed by atoms with Gasteiger partial charge in [-0.2, -0.15) is 0 Å². The maximum atomic E-state index is 5.47. The van der Waals surface area contributed by atoms with Crippen LogP contribution >= 0.6 is 0 Å². The van der Waals surface area contributed by atoms with E-state index >= 15 is 0 Å². The van der Waals surface area contributed by atoms with E-state index in [1.165, 1.54) is 12.8 Å². The molecule has 0 aromatic carbocycles. The molecule has 16 heavy (non-hydrogen) atoms. The molecule has 1 aliphatic rings. The molecule has 0 bridgehead atoms. The summed E-state index contributed by atoms with van der Waals surface area (Å²) in [5.74, 6) is 8.21. The number of hydrazine groups is 1. The topological polar surface area (TPSA) is 75.9 Å². The summed E-state index contributed by atoms with van der Waals surface area (Å²) in [6, 6.07) is 0.583. The van der Waals surface area contributed by atoms with Gasteiger partial charge < -0.3 is 10.7 Å². The summed E-state index contributed by atoms with van der Waals surface area (Å²) in [4.78, 5) is 8.93. The molecule has 0 amide bonds. The summed E-state index contributed by atoms with van der Waals surface area (Å²) in [6.45, 7) is 6.13. The standard InChI is InChI=1S/C11H19N5/c1-6(2)9-14-10(13-8-4-5-8)7(3)11(15-9)16-12/h6,8H,4-5,12H2,1-3H3,(H2,13,14,15,16). The maximum absolute atomic E-state index is 5.47. The highest BCUT2D eigenvalue weighted by Gasteiger charge is 2.23. The highest BCUT2D eigenvalue weighted by Crippen LogP contribution is 2.28. The molecule has 0 atom stereocenters. The number of rotatable bonds is 4. The lowest BCUT2D eigenvalue weighted by atomic mass is 10.2. The van der Waals surface area contributed by atoms with Crippen LogP contribution in [-0.2, 0) is 0 Å². The summed E-state index contributed by atoms with van der Waals surface area (Å²) < 4.78 is 0. The average Bonchev–Trinajstić information content (AvgIpc) is 3.04. The monoisotopic (exact) mass is 221 g/mol. The first-order valence-electron chi connectivity index (χ1n) is 5.73. The van der Waals surface area contributed by atoms with Gasteiger partial charge in [-0.3, -0.25) is 0 Å². The van der Waals surface area contributed by atoms with Crippen molar-refractivity contribution in [2.75, 3.05) is 10.7 Å². The van der Waals surface area contributed by atoms with Crippen LogP contribution in [0.3, 0.4) is 0 Å². The predicted octanol–water partition coefficient (Wildman–Crippen LogP) is 1.77. The van der Waals surface area contributed by atoms with Crippen molar-refractivity contribution >= 4 is 11.6 Å². The van der Waals surface area contributed by atoms with Crippen LogP contribution in [0.25, 0.3) is 0 Å². The van der Waals surface area contributed by atoms with Crippen LogP contribution in [0.5, 0.6) is 0 Å². The first kappa shape index (κ1) is 11.1. The minimum atomic E-state index is 0.299. The summed E-state index contributed by atoms with van der Waals surface area (Å²) in [7, 11) is 0. The van der Waals surface area contributed by atoms with Crippen LogP contribution in [0.2, 0.25) is 0 Å². The molecule has 0 spiro atoms. The van der Waals surface area contributed by atoms with Crippen LogP contribution in [-0.4, -0.2) is 16.0 Å². The quantitative estimate of drug-likeness (QED) is 0.533. The van der Waals surface area contributed by atoms with Gasteiger partial charge in [0.2, 0.25) is 0 Å². The molecule has 1 aliphatic carbocycles. The second-order valence-electron chi connectivity index (χ2n) is 4.62. The van der Waals surface area contributed by atoms with Crippen molar-refractivity contribution in [1.82, 2.24) is 9.97 Å². The van der Waals surface area contributed by atoms with Gasteiger partial charge in [0.15, 0.2) is 0 Å². The van der Waals surface area contributed by atoms with E-state index in [1.54, 1.807) is 0 Å². The second-order valence-corrected chi connectivity index (χ2v) is 4.62. The van der Waals surface area contributed by atoms with E-state index in [4.69, 9.17) is 5.84 Å². The van der Waals surface area contributed by atoms with E-state index in [1.807, 2.05) is 6.92 Å². The number of nitrogens with zero attached hydrogens (tertiary/aromatic N) is 2. The third-order valence-corrected chi connectivity index (χ3v) is 2.73. The molecule has 0 unspecified atom stereocenters. The van der Waals surface area contributed by atoms with Gasteiger partial charge in [0.25, 0.3) is 0 Å². The van der Waals surface area contributed by atoms with Crippen LogP contribution in [0.4, 0.5) is 11.6 Å². The minimum Gasteiger partial charge on any atom is -0.367 e. The molecule has 1 heterocycles. The third kappa shape index (κ3) is 2.24. The third-order valence-electron chi connectivity index (χ3n) is 2.73. The molecule has 4 N–H and O–H groups in total. The van der Waals surface area contributed by atoms with Crippen LogP contribution in [0.1, 0.15) is 44.0 Å². The molecule has 2 rings (SSSR count). The first-order chi connectivity index (χ1) is 7.61. The Morgan fingerprint density at radius 1 is 1.25 bits per heavy atom. The van der Waals surface area contributed by atoms with Gasteiger partial charge in [0.05, 0.1) is 0 Å². The summed E-state index contributed by atoms with van der Waals surface area (Å²) in [5, 5.41) is 3.41. The number of aromatic nitrogens is 2. The Hall–Kier alpha value is -1.36. The van der Waals surface area contributed by atoms with Gasteiger partial charge >= 0.3 is 0 Å². The number of nitrogens with one attached hydrogen (secondary N) is 2. The predicted molar refractivity (Wildman–Crippen MR) is 65.3 cm³/mol. The zero-order valence-electron chi connectivity index (χ0n) is 10.0. The number of anilines is 2. The number of hydrogen-bond donors (Lipinski definition) is 3. The molecule has 0 saturated heterocycles. The molecule has 0 radical (unpaired) electrons. The van der Waals surface area contributed by atoms with Gasteiger partial charge in [-0.05, 0) is 19.8 Å². The Balaban J connectivity index is 2.35. The largest absolute Gasteiger partial charge is 0.367 e. The second kappa shape index (κ2) is 4.25. The molecule has 1 saturated carbocycles. The number of nitrogen functional groups attached to an aromatic ring is 1. The smallest absolute Gasteiger partial charge is 0.148 e. The van der Waals surface area contributed by atoms with Crippen LogP contribution < -0.4 is 16.6 Å². The molecule has 1 aromatic heterocycles. The molecule has 1 aromatic rings. The van der Waals surface area contributed by atoms with Crippen LogP contribution in [0, 0.1) is 6.92 Å². The fourth-order valence-corrected chi connectivity index (χ4v) is 1.49. The summed E-state index contributed by atoms with van der Waals surface area (Å²) in [5.41, 5.74) is 3.62. The fourth-order valence-electron chi connectivity index (χ4n) is 1.49.